The third-order valence-corrected chi connectivity index (χ3v) is 2.79. The molecule has 2 heteroatoms. The maximum atomic E-state index is 9.03. The minimum atomic E-state index is -0.0105. The minimum absolute atomic E-state index is 0.0105. The van der Waals surface area contributed by atoms with E-state index in [1.807, 2.05) is 0 Å². The first-order valence-electron chi connectivity index (χ1n) is 5.08. The summed E-state index contributed by atoms with van der Waals surface area (Å²) in [7, 11) is 0. The van der Waals surface area contributed by atoms with Gasteiger partial charge in [-0.2, -0.15) is 0 Å². The Balaban J connectivity index is 2.37. The first-order valence-corrected chi connectivity index (χ1v) is 5.08. The summed E-state index contributed by atoms with van der Waals surface area (Å²) in [5, 5.41) is 9.03. The number of benzene rings is 1. The highest BCUT2D eigenvalue weighted by molar-refractivity contribution is 5.44. The zero-order valence-electron chi connectivity index (χ0n) is 8.71. The number of aryl methyl sites for hydroxylation is 2. The van der Waals surface area contributed by atoms with Crippen LogP contribution in [0.5, 0.6) is 5.75 Å². The monoisotopic (exact) mass is 192 g/mol. The summed E-state index contributed by atoms with van der Waals surface area (Å²) >= 11 is 0. The second-order valence-corrected chi connectivity index (χ2v) is 4.02. The maximum absolute atomic E-state index is 9.03. The van der Waals surface area contributed by atoms with E-state index in [1.165, 1.54) is 16.7 Å². The van der Waals surface area contributed by atoms with E-state index in [1.54, 1.807) is 0 Å². The predicted octanol–water partition coefficient (Wildman–Crippen LogP) is 1.99. The van der Waals surface area contributed by atoms with E-state index >= 15 is 0 Å². The molecule has 0 saturated heterocycles. The van der Waals surface area contributed by atoms with E-state index in [0.717, 1.165) is 18.6 Å². The second-order valence-electron chi connectivity index (χ2n) is 4.02. The van der Waals surface area contributed by atoms with Crippen LogP contribution in [0.2, 0.25) is 0 Å². The maximum Gasteiger partial charge on any atom is 0.123 e. The number of ether oxygens (including phenoxy) is 1. The third kappa shape index (κ3) is 1.62. The van der Waals surface area contributed by atoms with Crippen molar-refractivity contribution in [2.24, 2.45) is 0 Å². The Bertz CT molecular complexity index is 344. The molecule has 0 bridgehead atoms. The molecule has 1 aliphatic rings. The first kappa shape index (κ1) is 9.53. The molecule has 1 atom stereocenters. The summed E-state index contributed by atoms with van der Waals surface area (Å²) < 4.78 is 5.69. The van der Waals surface area contributed by atoms with Crippen molar-refractivity contribution in [3.05, 3.63) is 28.8 Å². The lowest BCUT2D eigenvalue weighted by atomic mass is 9.96. The van der Waals surface area contributed by atoms with E-state index in [2.05, 4.69) is 26.0 Å². The van der Waals surface area contributed by atoms with Crippen LogP contribution in [0.3, 0.4) is 0 Å². The van der Waals surface area contributed by atoms with Gasteiger partial charge in [0.1, 0.15) is 11.9 Å². The van der Waals surface area contributed by atoms with Crippen LogP contribution < -0.4 is 4.74 Å². The van der Waals surface area contributed by atoms with Gasteiger partial charge in [0, 0.05) is 0 Å². The summed E-state index contributed by atoms with van der Waals surface area (Å²) in [6.07, 6.45) is 1.93. The molecule has 0 saturated carbocycles. The SMILES string of the molecule is Cc1cc(C)c2c(c1)OC(CO)CC2. The Kier molecular flexibility index (Phi) is 2.46. The molecular weight excluding hydrogens is 176 g/mol. The highest BCUT2D eigenvalue weighted by atomic mass is 16.5. The number of aliphatic hydroxyl groups is 1. The quantitative estimate of drug-likeness (QED) is 0.737. The Hall–Kier alpha value is -1.02. The molecule has 1 aromatic carbocycles. The summed E-state index contributed by atoms with van der Waals surface area (Å²) in [6.45, 7) is 4.31. The lowest BCUT2D eigenvalue weighted by Crippen LogP contribution is -2.26. The molecule has 1 N–H and O–H groups in total. The van der Waals surface area contributed by atoms with Crippen LogP contribution in [-0.4, -0.2) is 17.8 Å². The Morgan fingerprint density at radius 1 is 1.43 bits per heavy atom. The van der Waals surface area contributed by atoms with E-state index in [9.17, 15) is 0 Å². The Morgan fingerprint density at radius 3 is 2.93 bits per heavy atom. The van der Waals surface area contributed by atoms with Crippen molar-refractivity contribution in [2.45, 2.75) is 32.8 Å². The molecule has 0 aromatic heterocycles. The summed E-state index contributed by atoms with van der Waals surface area (Å²) in [5.74, 6) is 0.966. The summed E-state index contributed by atoms with van der Waals surface area (Å²) in [4.78, 5) is 0. The Morgan fingerprint density at radius 2 is 2.21 bits per heavy atom. The van der Waals surface area contributed by atoms with Crippen molar-refractivity contribution in [2.75, 3.05) is 6.61 Å². The highest BCUT2D eigenvalue weighted by Gasteiger charge is 2.20. The van der Waals surface area contributed by atoms with E-state index in [4.69, 9.17) is 9.84 Å². The third-order valence-electron chi connectivity index (χ3n) is 2.79. The van der Waals surface area contributed by atoms with Crippen LogP contribution in [0.25, 0.3) is 0 Å². The normalized spacial score (nSPS) is 20.1. The van der Waals surface area contributed by atoms with E-state index < -0.39 is 0 Å². The molecule has 14 heavy (non-hydrogen) atoms. The van der Waals surface area contributed by atoms with Crippen LogP contribution in [0.1, 0.15) is 23.1 Å². The number of rotatable bonds is 1. The van der Waals surface area contributed by atoms with Crippen molar-refractivity contribution < 1.29 is 9.84 Å². The average molecular weight is 192 g/mol. The fraction of sp³-hybridized carbons (Fsp3) is 0.500. The predicted molar refractivity (Wildman–Crippen MR) is 55.7 cm³/mol. The van der Waals surface area contributed by atoms with Gasteiger partial charge < -0.3 is 9.84 Å². The van der Waals surface area contributed by atoms with Gasteiger partial charge in [-0.05, 0) is 49.4 Å². The van der Waals surface area contributed by atoms with Gasteiger partial charge >= 0.3 is 0 Å². The second kappa shape index (κ2) is 3.62. The molecule has 1 aliphatic heterocycles. The number of hydrogen-bond donors (Lipinski definition) is 1. The smallest absolute Gasteiger partial charge is 0.123 e. The minimum Gasteiger partial charge on any atom is -0.488 e. The van der Waals surface area contributed by atoms with E-state index in [0.29, 0.717) is 0 Å². The lowest BCUT2D eigenvalue weighted by Gasteiger charge is -2.26. The number of hydrogen-bond acceptors (Lipinski definition) is 2. The molecule has 1 aromatic rings. The molecule has 0 amide bonds. The number of fused-ring (bicyclic) bond motifs is 1. The largest absolute Gasteiger partial charge is 0.488 e. The Labute approximate surface area is 84.5 Å². The molecule has 1 heterocycles. The standard InChI is InChI=1S/C12H16O2/c1-8-5-9(2)11-4-3-10(7-13)14-12(11)6-8/h5-6,10,13H,3-4,7H2,1-2H3. The molecule has 2 rings (SSSR count). The van der Waals surface area contributed by atoms with E-state index in [-0.39, 0.29) is 12.7 Å². The number of aliphatic hydroxyl groups excluding tert-OH is 1. The molecule has 0 aliphatic carbocycles. The van der Waals surface area contributed by atoms with Crippen LogP contribution in [0.15, 0.2) is 12.1 Å². The van der Waals surface area contributed by atoms with Crippen molar-refractivity contribution in [1.29, 1.82) is 0 Å². The molecule has 0 fully saturated rings. The summed E-state index contributed by atoms with van der Waals surface area (Å²) in [5.41, 5.74) is 3.83. The van der Waals surface area contributed by atoms with Gasteiger partial charge in [-0.3, -0.25) is 0 Å². The van der Waals surface area contributed by atoms with Crippen LogP contribution in [0, 0.1) is 13.8 Å². The molecule has 1 unspecified atom stereocenters. The van der Waals surface area contributed by atoms with Gasteiger partial charge in [-0.1, -0.05) is 6.07 Å². The average Bonchev–Trinajstić information content (AvgIpc) is 2.16. The van der Waals surface area contributed by atoms with Crippen LogP contribution in [0.4, 0.5) is 0 Å². The molecule has 2 nitrogen and oxygen atoms in total. The van der Waals surface area contributed by atoms with Crippen molar-refractivity contribution >= 4 is 0 Å². The van der Waals surface area contributed by atoms with Crippen molar-refractivity contribution in [1.82, 2.24) is 0 Å². The van der Waals surface area contributed by atoms with Gasteiger partial charge in [0.25, 0.3) is 0 Å². The molecule has 0 spiro atoms. The van der Waals surface area contributed by atoms with Gasteiger partial charge in [-0.15, -0.1) is 0 Å². The van der Waals surface area contributed by atoms with Crippen molar-refractivity contribution in [3.63, 3.8) is 0 Å². The molecule has 76 valence electrons. The topological polar surface area (TPSA) is 29.5 Å². The fourth-order valence-corrected chi connectivity index (χ4v) is 2.06. The molecule has 0 radical (unpaired) electrons. The van der Waals surface area contributed by atoms with Crippen molar-refractivity contribution in [3.8, 4) is 5.75 Å². The highest BCUT2D eigenvalue weighted by Crippen LogP contribution is 2.31. The van der Waals surface area contributed by atoms with Crippen LogP contribution >= 0.6 is 0 Å². The first-order chi connectivity index (χ1) is 6.70. The van der Waals surface area contributed by atoms with Gasteiger partial charge in [0.05, 0.1) is 6.61 Å². The zero-order valence-corrected chi connectivity index (χ0v) is 8.71. The summed E-state index contributed by atoms with van der Waals surface area (Å²) in [6, 6.07) is 4.24. The molecular formula is C12H16O2. The van der Waals surface area contributed by atoms with Gasteiger partial charge in [-0.25, -0.2) is 0 Å². The lowest BCUT2D eigenvalue weighted by molar-refractivity contribution is 0.0976. The van der Waals surface area contributed by atoms with Crippen LogP contribution in [-0.2, 0) is 6.42 Å². The van der Waals surface area contributed by atoms with Gasteiger partial charge in [0.2, 0.25) is 0 Å². The fourth-order valence-electron chi connectivity index (χ4n) is 2.06. The van der Waals surface area contributed by atoms with Gasteiger partial charge in [0.15, 0.2) is 0 Å². The zero-order chi connectivity index (χ0) is 10.1.